The first-order valence-corrected chi connectivity index (χ1v) is 10.2. The quantitative estimate of drug-likeness (QED) is 0.858. The number of amides is 1. The van der Waals surface area contributed by atoms with Gasteiger partial charge in [0.1, 0.15) is 5.82 Å². The monoisotopic (exact) mass is 381 g/mol. The van der Waals surface area contributed by atoms with E-state index in [2.05, 4.69) is 34.5 Å². The van der Waals surface area contributed by atoms with E-state index in [4.69, 9.17) is 0 Å². The van der Waals surface area contributed by atoms with Gasteiger partial charge in [0.15, 0.2) is 0 Å². The molecule has 2 aliphatic rings. The van der Waals surface area contributed by atoms with Gasteiger partial charge in [0, 0.05) is 50.9 Å². The van der Waals surface area contributed by atoms with Gasteiger partial charge in [-0.25, -0.2) is 4.39 Å². The lowest BCUT2D eigenvalue weighted by molar-refractivity contribution is -0.127. The SMILES string of the molecule is CN1C(=O)CC[C@H]1CNC1CCN(c2ccc(-c3cccc(F)c3)cc2)CC1. The molecule has 4 rings (SSSR count). The second-order valence-corrected chi connectivity index (χ2v) is 7.92. The molecule has 0 unspecified atom stereocenters. The highest BCUT2D eigenvalue weighted by molar-refractivity contribution is 5.78. The fourth-order valence-electron chi connectivity index (χ4n) is 4.28. The highest BCUT2D eigenvalue weighted by Gasteiger charge is 2.28. The number of benzene rings is 2. The van der Waals surface area contributed by atoms with Crippen molar-refractivity contribution >= 4 is 11.6 Å². The molecule has 2 aliphatic heterocycles. The first kappa shape index (κ1) is 18.9. The smallest absolute Gasteiger partial charge is 0.222 e. The molecule has 0 bridgehead atoms. The summed E-state index contributed by atoms with van der Waals surface area (Å²) in [5, 5.41) is 3.67. The predicted molar refractivity (Wildman–Crippen MR) is 111 cm³/mol. The van der Waals surface area contributed by atoms with Crippen LogP contribution in [0.5, 0.6) is 0 Å². The van der Waals surface area contributed by atoms with Crippen molar-refractivity contribution in [3.8, 4) is 11.1 Å². The summed E-state index contributed by atoms with van der Waals surface area (Å²) in [5.74, 6) is 0.0626. The fraction of sp³-hybridized carbons (Fsp3) is 0.435. The number of hydrogen-bond donors (Lipinski definition) is 1. The van der Waals surface area contributed by atoms with Gasteiger partial charge in [-0.15, -0.1) is 0 Å². The van der Waals surface area contributed by atoms with Crippen LogP contribution >= 0.6 is 0 Å². The van der Waals surface area contributed by atoms with Crippen LogP contribution in [0.3, 0.4) is 0 Å². The van der Waals surface area contributed by atoms with Crippen molar-refractivity contribution in [2.75, 3.05) is 31.6 Å². The largest absolute Gasteiger partial charge is 0.371 e. The van der Waals surface area contributed by atoms with Gasteiger partial charge in [0.25, 0.3) is 0 Å². The molecule has 1 amide bonds. The number of likely N-dealkylation sites (N-methyl/N-ethyl adjacent to an activating group) is 1. The first-order chi connectivity index (χ1) is 13.6. The molecule has 0 radical (unpaired) electrons. The standard InChI is InChI=1S/C23H28FN3O/c1-26-22(9-10-23(26)28)16-25-20-11-13-27(14-12-20)21-7-5-17(6-8-21)18-3-2-4-19(24)15-18/h2-8,15,20,22,25H,9-14,16H2,1H3/t22-/m0/s1. The van der Waals surface area contributed by atoms with E-state index in [9.17, 15) is 9.18 Å². The molecular weight excluding hydrogens is 353 g/mol. The van der Waals surface area contributed by atoms with E-state index in [1.807, 2.05) is 18.0 Å². The van der Waals surface area contributed by atoms with Gasteiger partial charge in [-0.2, -0.15) is 0 Å². The third-order valence-electron chi connectivity index (χ3n) is 6.16. The normalized spacial score (nSPS) is 20.8. The second-order valence-electron chi connectivity index (χ2n) is 7.92. The summed E-state index contributed by atoms with van der Waals surface area (Å²) in [7, 11) is 1.91. The van der Waals surface area contributed by atoms with Crippen LogP contribution < -0.4 is 10.2 Å². The molecule has 0 aromatic heterocycles. The summed E-state index contributed by atoms with van der Waals surface area (Å²) >= 11 is 0. The van der Waals surface area contributed by atoms with Gasteiger partial charge < -0.3 is 15.1 Å². The average molecular weight is 381 g/mol. The van der Waals surface area contributed by atoms with E-state index < -0.39 is 0 Å². The van der Waals surface area contributed by atoms with E-state index in [0.29, 0.717) is 18.5 Å². The van der Waals surface area contributed by atoms with Crippen LogP contribution in [-0.2, 0) is 4.79 Å². The number of halogens is 1. The van der Waals surface area contributed by atoms with Crippen LogP contribution in [0.2, 0.25) is 0 Å². The fourth-order valence-corrected chi connectivity index (χ4v) is 4.28. The van der Waals surface area contributed by atoms with Crippen LogP contribution in [0.4, 0.5) is 10.1 Å². The maximum Gasteiger partial charge on any atom is 0.222 e. The number of nitrogens with zero attached hydrogens (tertiary/aromatic N) is 2. The van der Waals surface area contributed by atoms with Crippen molar-refractivity contribution in [1.29, 1.82) is 0 Å². The van der Waals surface area contributed by atoms with Gasteiger partial charge in [-0.05, 0) is 54.7 Å². The molecule has 2 fully saturated rings. The van der Waals surface area contributed by atoms with Crippen LogP contribution in [0.25, 0.3) is 11.1 Å². The maximum atomic E-state index is 13.4. The Kier molecular flexibility index (Phi) is 5.62. The number of piperidine rings is 1. The highest BCUT2D eigenvalue weighted by atomic mass is 19.1. The van der Waals surface area contributed by atoms with Gasteiger partial charge in [-0.3, -0.25) is 4.79 Å². The Morgan fingerprint density at radius 1 is 1.04 bits per heavy atom. The molecule has 1 atom stereocenters. The Bertz CT molecular complexity index is 815. The number of hydrogen-bond acceptors (Lipinski definition) is 3. The summed E-state index contributed by atoms with van der Waals surface area (Å²) in [6.07, 6.45) is 3.87. The zero-order chi connectivity index (χ0) is 19.5. The van der Waals surface area contributed by atoms with Crippen molar-refractivity contribution in [3.63, 3.8) is 0 Å². The number of carbonyl (C=O) groups is 1. The zero-order valence-corrected chi connectivity index (χ0v) is 16.4. The Morgan fingerprint density at radius 2 is 1.79 bits per heavy atom. The maximum absolute atomic E-state index is 13.4. The molecular formula is C23H28FN3O. The van der Waals surface area contributed by atoms with Crippen LogP contribution in [0, 0.1) is 5.82 Å². The second kappa shape index (κ2) is 8.31. The Hall–Kier alpha value is -2.40. The van der Waals surface area contributed by atoms with Gasteiger partial charge in [0.05, 0.1) is 0 Å². The molecule has 5 heteroatoms. The van der Waals surface area contributed by atoms with E-state index in [-0.39, 0.29) is 11.7 Å². The Morgan fingerprint density at radius 3 is 2.43 bits per heavy atom. The minimum absolute atomic E-state index is 0.204. The minimum atomic E-state index is -0.204. The van der Waals surface area contributed by atoms with Crippen molar-refractivity contribution in [1.82, 2.24) is 10.2 Å². The van der Waals surface area contributed by atoms with E-state index >= 15 is 0 Å². The molecule has 0 saturated carbocycles. The van der Waals surface area contributed by atoms with E-state index in [1.165, 1.54) is 11.8 Å². The van der Waals surface area contributed by atoms with Crippen LogP contribution in [0.1, 0.15) is 25.7 Å². The van der Waals surface area contributed by atoms with E-state index in [1.54, 1.807) is 12.1 Å². The number of anilines is 1. The summed E-state index contributed by atoms with van der Waals surface area (Å²) < 4.78 is 13.4. The molecule has 0 aliphatic carbocycles. The first-order valence-electron chi connectivity index (χ1n) is 10.2. The van der Waals surface area contributed by atoms with Crippen molar-refractivity contribution in [3.05, 3.63) is 54.3 Å². The molecule has 28 heavy (non-hydrogen) atoms. The molecule has 2 aromatic carbocycles. The van der Waals surface area contributed by atoms with Crippen LogP contribution in [0.15, 0.2) is 48.5 Å². The van der Waals surface area contributed by atoms with Crippen LogP contribution in [-0.4, -0.2) is 49.6 Å². The van der Waals surface area contributed by atoms with Crippen molar-refractivity contribution in [2.45, 2.75) is 37.8 Å². The summed E-state index contributed by atoms with van der Waals surface area (Å²) in [5.41, 5.74) is 3.17. The minimum Gasteiger partial charge on any atom is -0.371 e. The zero-order valence-electron chi connectivity index (χ0n) is 16.4. The number of rotatable bonds is 5. The third kappa shape index (κ3) is 4.20. The lowest BCUT2D eigenvalue weighted by Gasteiger charge is -2.35. The van der Waals surface area contributed by atoms with E-state index in [0.717, 1.165) is 50.0 Å². The summed E-state index contributed by atoms with van der Waals surface area (Å²) in [6.45, 7) is 2.95. The molecule has 2 saturated heterocycles. The summed E-state index contributed by atoms with van der Waals surface area (Å²) in [6, 6.07) is 16.0. The van der Waals surface area contributed by atoms with Gasteiger partial charge >= 0.3 is 0 Å². The lowest BCUT2D eigenvalue weighted by Crippen LogP contribution is -2.46. The average Bonchev–Trinajstić information content (AvgIpc) is 3.05. The Balaban J connectivity index is 1.28. The molecule has 2 heterocycles. The number of carbonyl (C=O) groups excluding carboxylic acids is 1. The van der Waals surface area contributed by atoms with Crippen molar-refractivity contribution < 1.29 is 9.18 Å². The molecule has 1 N–H and O–H groups in total. The molecule has 2 aromatic rings. The lowest BCUT2D eigenvalue weighted by atomic mass is 10.0. The Labute approximate surface area is 166 Å². The predicted octanol–water partition coefficient (Wildman–Crippen LogP) is 3.67. The third-order valence-corrected chi connectivity index (χ3v) is 6.16. The summed E-state index contributed by atoms with van der Waals surface area (Å²) in [4.78, 5) is 15.9. The topological polar surface area (TPSA) is 35.6 Å². The highest BCUT2D eigenvalue weighted by Crippen LogP contribution is 2.26. The number of likely N-dealkylation sites (tertiary alicyclic amines) is 1. The molecule has 4 nitrogen and oxygen atoms in total. The number of nitrogens with one attached hydrogen (secondary N) is 1. The van der Waals surface area contributed by atoms with Gasteiger partial charge in [0.2, 0.25) is 5.91 Å². The van der Waals surface area contributed by atoms with Gasteiger partial charge in [-0.1, -0.05) is 24.3 Å². The van der Waals surface area contributed by atoms with Crippen molar-refractivity contribution in [2.24, 2.45) is 0 Å². The molecule has 0 spiro atoms. The molecule has 148 valence electrons.